The fraction of sp³-hybridized carbons (Fsp3) is 0.315. The molecule has 4 heterocycles. The number of allylic oxidation sites excluding steroid dienone is 2. The van der Waals surface area contributed by atoms with Gasteiger partial charge in [0.1, 0.15) is 16.7 Å². The third-order valence-corrected chi connectivity index (χ3v) is 11.0. The molecule has 0 bridgehead atoms. The van der Waals surface area contributed by atoms with Gasteiger partial charge >= 0.3 is 0 Å². The molecule has 0 unspecified atom stereocenters. The highest BCUT2D eigenvalue weighted by atomic mass is 35.5. The van der Waals surface area contributed by atoms with E-state index in [4.69, 9.17) is 21.1 Å². The van der Waals surface area contributed by atoms with Crippen LogP contribution in [0.15, 0.2) is 122 Å². The number of fused-ring (bicyclic) bond motifs is 4. The highest BCUT2D eigenvalue weighted by Gasteiger charge is 2.17. The summed E-state index contributed by atoms with van der Waals surface area (Å²) in [7, 11) is 1.69. The number of nitrogens with one attached hydrogen (secondary N) is 1. The third-order valence-electron chi connectivity index (χ3n) is 10.7. The number of aromatic nitrogens is 3. The van der Waals surface area contributed by atoms with Crippen molar-refractivity contribution in [1.82, 2.24) is 15.0 Å². The summed E-state index contributed by atoms with van der Waals surface area (Å²) in [4.78, 5) is 13.0. The van der Waals surface area contributed by atoms with Crippen molar-refractivity contribution in [3.05, 3.63) is 161 Å². The number of hydrogen-bond donors (Lipinski definition) is 1. The highest BCUT2D eigenvalue weighted by molar-refractivity contribution is 6.30. The normalized spacial score (nSPS) is 12.0. The number of rotatable bonds is 7. The van der Waals surface area contributed by atoms with E-state index in [0.29, 0.717) is 35.4 Å². The fourth-order valence-corrected chi connectivity index (χ4v) is 7.95. The highest BCUT2D eigenvalue weighted by Crippen LogP contribution is 2.37. The van der Waals surface area contributed by atoms with Gasteiger partial charge in [0.15, 0.2) is 0 Å². The number of nitrogens with zero attached hydrogens (tertiary/aromatic N) is 3. The van der Waals surface area contributed by atoms with E-state index in [2.05, 4.69) is 169 Å². The van der Waals surface area contributed by atoms with E-state index in [1.165, 1.54) is 44.0 Å². The molecular formula is C54H63ClN4O2. The maximum atomic E-state index is 6.14. The smallest absolute Gasteiger partial charge is 0.133 e. The monoisotopic (exact) mass is 834 g/mol. The Labute approximate surface area is 369 Å². The lowest BCUT2D eigenvalue weighted by atomic mass is 9.90. The number of pyridine rings is 3. The minimum absolute atomic E-state index is 0.413. The van der Waals surface area contributed by atoms with Crippen LogP contribution in [0.2, 0.25) is 5.15 Å². The van der Waals surface area contributed by atoms with Crippen molar-refractivity contribution in [2.24, 2.45) is 5.92 Å². The Morgan fingerprint density at radius 3 is 2.11 bits per heavy atom. The SMILES string of the molecule is C=C1C=C(C(C)C)c2cc(OCC)ccc2N1.CC(C)c1cccc2cnccc12.COc1ccc2c(C(C)C)c(C)ncc2c1.Cc1ccc2cc(C(C)C)c(Cl)nc2c1. The van der Waals surface area contributed by atoms with Crippen molar-refractivity contribution in [3.8, 4) is 11.5 Å². The number of hydrogen-bond acceptors (Lipinski definition) is 6. The standard InChI is InChI=1S/C15H19NO.C14H17NO.C13H14ClN.C12H13N/c1-5-17-12-6-7-15-14(9-12)13(10(2)3)8-11(4)16-15;1-9(2)14-10(3)15-8-11-7-12(16-4)5-6-13(11)14;1-8(2)11-7-10-5-4-9(3)6-12(10)15-13(11)14;1-9(2)11-5-3-4-10-8-13-7-6-12(10)11/h6-10,16H,4-5H2,1-3H3;5-9H,1-4H3;4-8H,1-3H3;3-9H,1-2H3. The zero-order chi connectivity index (χ0) is 44.4. The first kappa shape index (κ1) is 46.3. The molecular weight excluding hydrogens is 772 g/mol. The van der Waals surface area contributed by atoms with Crippen LogP contribution in [0.1, 0.15) is 114 Å². The van der Waals surface area contributed by atoms with Gasteiger partial charge in [-0.2, -0.15) is 0 Å². The lowest BCUT2D eigenvalue weighted by Crippen LogP contribution is -2.09. The maximum absolute atomic E-state index is 6.14. The van der Waals surface area contributed by atoms with E-state index < -0.39 is 0 Å². The van der Waals surface area contributed by atoms with E-state index in [9.17, 15) is 0 Å². The zero-order valence-corrected chi connectivity index (χ0v) is 38.9. The van der Waals surface area contributed by atoms with Crippen LogP contribution in [0.4, 0.5) is 5.69 Å². The zero-order valence-electron chi connectivity index (χ0n) is 38.2. The molecule has 4 aromatic carbocycles. The van der Waals surface area contributed by atoms with Crippen molar-refractivity contribution in [2.45, 2.75) is 93.9 Å². The second-order valence-corrected chi connectivity index (χ2v) is 17.1. The Kier molecular flexibility index (Phi) is 16.1. The van der Waals surface area contributed by atoms with E-state index in [0.717, 1.165) is 50.4 Å². The van der Waals surface area contributed by atoms with Gasteiger partial charge in [-0.25, -0.2) is 4.98 Å². The molecule has 61 heavy (non-hydrogen) atoms. The van der Waals surface area contributed by atoms with E-state index in [1.807, 2.05) is 43.7 Å². The van der Waals surface area contributed by atoms with Crippen molar-refractivity contribution in [2.75, 3.05) is 19.0 Å². The second-order valence-electron chi connectivity index (χ2n) is 16.7. The Morgan fingerprint density at radius 2 is 1.44 bits per heavy atom. The minimum Gasteiger partial charge on any atom is -0.497 e. The number of benzene rings is 4. The van der Waals surface area contributed by atoms with Crippen LogP contribution in [-0.2, 0) is 0 Å². The van der Waals surface area contributed by atoms with E-state index >= 15 is 0 Å². The largest absolute Gasteiger partial charge is 0.497 e. The van der Waals surface area contributed by atoms with Crippen LogP contribution in [0, 0.1) is 19.8 Å². The van der Waals surface area contributed by atoms with Crippen LogP contribution in [0.3, 0.4) is 0 Å². The molecule has 3 aromatic heterocycles. The summed E-state index contributed by atoms with van der Waals surface area (Å²) in [6.07, 6.45) is 7.80. The summed E-state index contributed by atoms with van der Waals surface area (Å²) in [6, 6.07) is 29.2. The summed E-state index contributed by atoms with van der Waals surface area (Å²) in [6.45, 7) is 28.3. The molecule has 8 rings (SSSR count). The van der Waals surface area contributed by atoms with Crippen LogP contribution in [0.25, 0.3) is 38.0 Å². The molecule has 0 atom stereocenters. The first-order valence-corrected chi connectivity index (χ1v) is 21.8. The van der Waals surface area contributed by atoms with Gasteiger partial charge in [-0.15, -0.1) is 0 Å². The van der Waals surface area contributed by atoms with Crippen LogP contribution >= 0.6 is 11.6 Å². The average molecular weight is 836 g/mol. The van der Waals surface area contributed by atoms with Crippen molar-refractivity contribution >= 4 is 55.3 Å². The molecule has 0 radical (unpaired) electrons. The molecule has 1 aliphatic heterocycles. The average Bonchev–Trinajstić information content (AvgIpc) is 3.23. The molecule has 0 spiro atoms. The molecule has 0 amide bonds. The molecule has 7 heteroatoms. The number of ether oxygens (including phenoxy) is 2. The predicted molar refractivity (Wildman–Crippen MR) is 262 cm³/mol. The van der Waals surface area contributed by atoms with Crippen LogP contribution in [0.5, 0.6) is 11.5 Å². The topological polar surface area (TPSA) is 69.2 Å². The number of anilines is 1. The molecule has 318 valence electrons. The Balaban J connectivity index is 0.000000155. The van der Waals surface area contributed by atoms with Crippen molar-refractivity contribution in [1.29, 1.82) is 0 Å². The van der Waals surface area contributed by atoms with Gasteiger partial charge in [0.2, 0.25) is 0 Å². The Bertz CT molecular complexity index is 2640. The molecule has 1 N–H and O–H groups in total. The van der Waals surface area contributed by atoms with Gasteiger partial charge in [-0.1, -0.05) is 110 Å². The molecule has 0 saturated carbocycles. The lowest BCUT2D eigenvalue weighted by Gasteiger charge is -2.23. The summed E-state index contributed by atoms with van der Waals surface area (Å²) >= 11 is 6.14. The number of halogens is 1. The molecule has 0 fully saturated rings. The second kappa shape index (κ2) is 21.2. The van der Waals surface area contributed by atoms with E-state index in [1.54, 1.807) is 7.11 Å². The number of methoxy groups -OCH3 is 1. The summed E-state index contributed by atoms with van der Waals surface area (Å²) in [5.41, 5.74) is 11.8. The summed E-state index contributed by atoms with van der Waals surface area (Å²) in [5, 5.41) is 10.1. The van der Waals surface area contributed by atoms with Gasteiger partial charge in [-0.3, -0.25) is 9.97 Å². The summed E-state index contributed by atoms with van der Waals surface area (Å²) in [5.74, 6) is 3.76. The van der Waals surface area contributed by atoms with Gasteiger partial charge < -0.3 is 14.8 Å². The van der Waals surface area contributed by atoms with Crippen molar-refractivity contribution < 1.29 is 9.47 Å². The fourth-order valence-electron chi connectivity index (χ4n) is 7.59. The van der Waals surface area contributed by atoms with Crippen molar-refractivity contribution in [3.63, 3.8) is 0 Å². The maximum Gasteiger partial charge on any atom is 0.133 e. The minimum atomic E-state index is 0.413. The third kappa shape index (κ3) is 11.8. The Hall–Kier alpha value is -5.72. The van der Waals surface area contributed by atoms with Gasteiger partial charge in [-0.05, 0) is 138 Å². The van der Waals surface area contributed by atoms with Crippen LogP contribution in [-0.4, -0.2) is 28.7 Å². The molecule has 6 nitrogen and oxygen atoms in total. The first-order chi connectivity index (χ1) is 29.1. The molecule has 7 aromatic rings. The molecule has 1 aliphatic rings. The first-order valence-electron chi connectivity index (χ1n) is 21.4. The number of aryl methyl sites for hydroxylation is 2. The van der Waals surface area contributed by atoms with Gasteiger partial charge in [0.25, 0.3) is 0 Å². The molecule has 0 saturated heterocycles. The predicted octanol–water partition coefficient (Wildman–Crippen LogP) is 15.4. The van der Waals surface area contributed by atoms with Gasteiger partial charge in [0.05, 0.1) is 19.2 Å². The quantitative estimate of drug-likeness (QED) is 0.161. The molecule has 0 aliphatic carbocycles. The van der Waals surface area contributed by atoms with Gasteiger partial charge in [0, 0.05) is 57.4 Å². The van der Waals surface area contributed by atoms with Crippen LogP contribution < -0.4 is 14.8 Å². The van der Waals surface area contributed by atoms with E-state index in [-0.39, 0.29) is 0 Å². The Morgan fingerprint density at radius 1 is 0.705 bits per heavy atom. The lowest BCUT2D eigenvalue weighted by molar-refractivity contribution is 0.340. The summed E-state index contributed by atoms with van der Waals surface area (Å²) < 4.78 is 10.8.